The van der Waals surface area contributed by atoms with Crippen molar-refractivity contribution < 1.29 is 0 Å². The topological polar surface area (TPSA) is 36.7 Å². The predicted molar refractivity (Wildman–Crippen MR) is 70.9 cm³/mol. The number of nitrogens with zero attached hydrogens (tertiary/aromatic N) is 2. The van der Waals surface area contributed by atoms with Crippen LogP contribution in [0.25, 0.3) is 0 Å². The smallest absolute Gasteiger partial charge is 0.0944 e. The Balaban J connectivity index is 2.09. The molecule has 0 spiro atoms. The first-order valence-electron chi connectivity index (χ1n) is 6.56. The Hall–Kier alpha value is -0.880. The largest absolute Gasteiger partial charge is 0.247 e. The minimum atomic E-state index is -0.134. The van der Waals surface area contributed by atoms with Crippen molar-refractivity contribution in [3.8, 4) is 6.07 Å². The van der Waals surface area contributed by atoms with Gasteiger partial charge in [-0.15, -0.1) is 11.3 Å². The van der Waals surface area contributed by atoms with Crippen molar-refractivity contribution in [2.75, 3.05) is 0 Å². The van der Waals surface area contributed by atoms with E-state index in [1.807, 2.05) is 6.92 Å². The molecule has 0 atom stereocenters. The molecule has 1 heterocycles. The van der Waals surface area contributed by atoms with Crippen LogP contribution in [0.5, 0.6) is 0 Å². The van der Waals surface area contributed by atoms with Crippen LogP contribution in [-0.2, 0) is 6.42 Å². The van der Waals surface area contributed by atoms with E-state index < -0.39 is 0 Å². The molecule has 0 aliphatic heterocycles. The Morgan fingerprint density at radius 1 is 1.29 bits per heavy atom. The molecule has 0 aromatic carbocycles. The molecule has 1 aromatic rings. The molecule has 0 radical (unpaired) electrons. The lowest BCUT2D eigenvalue weighted by Gasteiger charge is -2.27. The quantitative estimate of drug-likeness (QED) is 0.784. The standard InChI is InChI=1S/C14H20N2S/c1-12-10-17-13(16-12)9-14(11-15)7-5-3-2-4-6-8-14/h10H,2-9H2,1H3. The highest BCUT2D eigenvalue weighted by molar-refractivity contribution is 7.09. The highest BCUT2D eigenvalue weighted by Crippen LogP contribution is 2.37. The first-order valence-corrected chi connectivity index (χ1v) is 7.44. The van der Waals surface area contributed by atoms with Crippen molar-refractivity contribution in [2.45, 2.75) is 58.3 Å². The van der Waals surface area contributed by atoms with Gasteiger partial charge in [-0.1, -0.05) is 32.1 Å². The van der Waals surface area contributed by atoms with Crippen molar-refractivity contribution in [2.24, 2.45) is 5.41 Å². The van der Waals surface area contributed by atoms with E-state index in [-0.39, 0.29) is 5.41 Å². The summed E-state index contributed by atoms with van der Waals surface area (Å²) in [4.78, 5) is 4.52. The van der Waals surface area contributed by atoms with E-state index in [0.717, 1.165) is 30.0 Å². The maximum atomic E-state index is 9.55. The molecule has 1 saturated carbocycles. The Labute approximate surface area is 108 Å². The summed E-state index contributed by atoms with van der Waals surface area (Å²) >= 11 is 1.71. The SMILES string of the molecule is Cc1csc(CC2(C#N)CCCCCCC2)n1. The molecule has 2 rings (SSSR count). The van der Waals surface area contributed by atoms with Gasteiger partial charge in [-0.3, -0.25) is 0 Å². The number of rotatable bonds is 2. The van der Waals surface area contributed by atoms with Crippen molar-refractivity contribution >= 4 is 11.3 Å². The normalized spacial score (nSPS) is 20.2. The van der Waals surface area contributed by atoms with Crippen LogP contribution < -0.4 is 0 Å². The summed E-state index contributed by atoms with van der Waals surface area (Å²) in [6.45, 7) is 2.02. The molecule has 0 bridgehead atoms. The Morgan fingerprint density at radius 2 is 1.94 bits per heavy atom. The van der Waals surface area contributed by atoms with Crippen molar-refractivity contribution in [3.05, 3.63) is 16.1 Å². The number of thiazole rings is 1. The van der Waals surface area contributed by atoms with Crippen LogP contribution in [0.3, 0.4) is 0 Å². The number of hydrogen-bond acceptors (Lipinski definition) is 3. The molecular formula is C14H20N2S. The molecule has 1 aliphatic carbocycles. The minimum Gasteiger partial charge on any atom is -0.247 e. The molecule has 92 valence electrons. The lowest BCUT2D eigenvalue weighted by atomic mass is 9.75. The van der Waals surface area contributed by atoms with E-state index in [2.05, 4.69) is 16.4 Å². The lowest BCUT2D eigenvalue weighted by molar-refractivity contribution is 0.287. The summed E-state index contributed by atoms with van der Waals surface area (Å²) in [6, 6.07) is 2.61. The van der Waals surface area contributed by atoms with Gasteiger partial charge in [0.2, 0.25) is 0 Å². The van der Waals surface area contributed by atoms with E-state index in [9.17, 15) is 5.26 Å². The zero-order valence-electron chi connectivity index (χ0n) is 10.5. The maximum Gasteiger partial charge on any atom is 0.0944 e. The summed E-state index contributed by atoms with van der Waals surface area (Å²) in [5.41, 5.74) is 0.953. The van der Waals surface area contributed by atoms with Crippen LogP contribution in [-0.4, -0.2) is 4.98 Å². The summed E-state index contributed by atoms with van der Waals surface area (Å²) in [6.07, 6.45) is 9.32. The third-order valence-electron chi connectivity index (χ3n) is 3.70. The second-order valence-electron chi connectivity index (χ2n) is 5.22. The molecule has 17 heavy (non-hydrogen) atoms. The Morgan fingerprint density at radius 3 is 2.47 bits per heavy atom. The van der Waals surface area contributed by atoms with Gasteiger partial charge < -0.3 is 0 Å². The number of nitriles is 1. The molecule has 0 N–H and O–H groups in total. The van der Waals surface area contributed by atoms with E-state index >= 15 is 0 Å². The molecule has 0 unspecified atom stereocenters. The van der Waals surface area contributed by atoms with Gasteiger partial charge in [0.15, 0.2) is 0 Å². The number of hydrogen-bond donors (Lipinski definition) is 0. The number of aromatic nitrogens is 1. The van der Waals surface area contributed by atoms with Crippen LogP contribution in [0.2, 0.25) is 0 Å². The highest BCUT2D eigenvalue weighted by atomic mass is 32.1. The molecule has 0 amide bonds. The molecule has 2 nitrogen and oxygen atoms in total. The van der Waals surface area contributed by atoms with Crippen molar-refractivity contribution in [1.29, 1.82) is 5.26 Å². The van der Waals surface area contributed by atoms with Crippen molar-refractivity contribution in [1.82, 2.24) is 4.98 Å². The van der Waals surface area contributed by atoms with Gasteiger partial charge >= 0.3 is 0 Å². The van der Waals surface area contributed by atoms with Crippen LogP contribution in [0.4, 0.5) is 0 Å². The molecule has 1 aromatic heterocycles. The third-order valence-corrected chi connectivity index (χ3v) is 4.67. The van der Waals surface area contributed by atoms with E-state index in [4.69, 9.17) is 0 Å². The zero-order valence-corrected chi connectivity index (χ0v) is 11.4. The zero-order chi connectivity index (χ0) is 12.1. The van der Waals surface area contributed by atoms with E-state index in [1.165, 1.54) is 32.1 Å². The third kappa shape index (κ3) is 3.29. The van der Waals surface area contributed by atoms with Gasteiger partial charge in [0.1, 0.15) is 0 Å². The average Bonchev–Trinajstić information content (AvgIpc) is 2.68. The van der Waals surface area contributed by atoms with Crippen LogP contribution >= 0.6 is 11.3 Å². The number of aryl methyl sites for hydroxylation is 1. The Kier molecular flexibility index (Phi) is 4.17. The molecule has 1 fully saturated rings. The first-order chi connectivity index (χ1) is 8.24. The van der Waals surface area contributed by atoms with E-state index in [1.54, 1.807) is 11.3 Å². The predicted octanol–water partition coefficient (Wildman–Crippen LogP) is 4.25. The lowest BCUT2D eigenvalue weighted by Crippen LogP contribution is -2.23. The van der Waals surface area contributed by atoms with Gasteiger partial charge in [0.05, 0.1) is 16.5 Å². The first kappa shape index (κ1) is 12.6. The second kappa shape index (κ2) is 5.64. The molecule has 0 saturated heterocycles. The highest BCUT2D eigenvalue weighted by Gasteiger charge is 2.31. The fraction of sp³-hybridized carbons (Fsp3) is 0.714. The summed E-state index contributed by atoms with van der Waals surface area (Å²) < 4.78 is 0. The van der Waals surface area contributed by atoms with E-state index in [0.29, 0.717) is 0 Å². The van der Waals surface area contributed by atoms with Gasteiger partial charge in [-0.25, -0.2) is 4.98 Å². The van der Waals surface area contributed by atoms with Crippen LogP contribution in [0.15, 0.2) is 5.38 Å². The van der Waals surface area contributed by atoms with Crippen LogP contribution in [0.1, 0.15) is 55.6 Å². The monoisotopic (exact) mass is 248 g/mol. The molecular weight excluding hydrogens is 228 g/mol. The van der Waals surface area contributed by atoms with Gasteiger partial charge in [0, 0.05) is 17.5 Å². The second-order valence-corrected chi connectivity index (χ2v) is 6.16. The average molecular weight is 248 g/mol. The Bertz CT molecular complexity index is 395. The fourth-order valence-electron chi connectivity index (χ4n) is 2.68. The minimum absolute atomic E-state index is 0.134. The van der Waals surface area contributed by atoms with Gasteiger partial charge in [-0.05, 0) is 19.8 Å². The molecule has 3 heteroatoms. The van der Waals surface area contributed by atoms with Crippen molar-refractivity contribution in [3.63, 3.8) is 0 Å². The summed E-state index contributed by atoms with van der Waals surface area (Å²) in [7, 11) is 0. The summed E-state index contributed by atoms with van der Waals surface area (Å²) in [5.74, 6) is 0. The van der Waals surface area contributed by atoms with Gasteiger partial charge in [0.25, 0.3) is 0 Å². The molecule has 1 aliphatic rings. The fourth-order valence-corrected chi connectivity index (χ4v) is 3.60. The maximum absolute atomic E-state index is 9.55. The van der Waals surface area contributed by atoms with Crippen LogP contribution in [0, 0.1) is 23.7 Å². The summed E-state index contributed by atoms with van der Waals surface area (Å²) in [5, 5.41) is 12.8. The van der Waals surface area contributed by atoms with Gasteiger partial charge in [-0.2, -0.15) is 5.26 Å².